The summed E-state index contributed by atoms with van der Waals surface area (Å²) in [5.74, 6) is 0.358. The van der Waals surface area contributed by atoms with E-state index in [1.807, 2.05) is 0 Å². The van der Waals surface area contributed by atoms with Crippen molar-refractivity contribution in [2.75, 3.05) is 26.2 Å². The second-order valence-electron chi connectivity index (χ2n) is 7.78. The van der Waals surface area contributed by atoms with Gasteiger partial charge in [-0.2, -0.15) is 0 Å². The quantitative estimate of drug-likeness (QED) is 0.828. The van der Waals surface area contributed by atoms with E-state index in [4.69, 9.17) is 15.2 Å². The van der Waals surface area contributed by atoms with Crippen LogP contribution in [0.4, 0.5) is 0 Å². The minimum absolute atomic E-state index is 0.0541. The van der Waals surface area contributed by atoms with Crippen LogP contribution >= 0.6 is 0 Å². The highest BCUT2D eigenvalue weighted by Gasteiger charge is 2.52. The van der Waals surface area contributed by atoms with Crippen molar-refractivity contribution in [3.05, 3.63) is 0 Å². The first-order valence-corrected chi connectivity index (χ1v) is 7.36. The van der Waals surface area contributed by atoms with Gasteiger partial charge in [-0.05, 0) is 41.5 Å². The second kappa shape index (κ2) is 4.69. The molecule has 2 heterocycles. The largest absolute Gasteiger partial charge is 0.373 e. The average Bonchev–Trinajstić information content (AvgIpc) is 2.35. The number of ether oxygens (including phenoxy) is 2. The van der Waals surface area contributed by atoms with E-state index < -0.39 is 0 Å². The lowest BCUT2D eigenvalue weighted by Gasteiger charge is -2.41. The van der Waals surface area contributed by atoms with Crippen LogP contribution < -0.4 is 5.73 Å². The van der Waals surface area contributed by atoms with Crippen molar-refractivity contribution in [3.8, 4) is 0 Å². The molecule has 2 rings (SSSR count). The molecule has 2 fully saturated rings. The predicted molar refractivity (Wildman–Crippen MR) is 77.2 cm³/mol. The van der Waals surface area contributed by atoms with Gasteiger partial charge in [0.25, 0.3) is 0 Å². The number of nitrogens with two attached hydrogens (primary N) is 1. The molecule has 2 atom stereocenters. The Kier molecular flexibility index (Phi) is 3.76. The van der Waals surface area contributed by atoms with Crippen molar-refractivity contribution in [1.82, 2.24) is 4.90 Å². The van der Waals surface area contributed by atoms with Crippen molar-refractivity contribution in [3.63, 3.8) is 0 Å². The highest BCUT2D eigenvalue weighted by Crippen LogP contribution is 2.41. The molecule has 4 nitrogen and oxygen atoms in total. The smallest absolute Gasteiger partial charge is 0.0788 e. The molecule has 0 amide bonds. The topological polar surface area (TPSA) is 47.7 Å². The number of hydrogen-bond acceptors (Lipinski definition) is 4. The molecule has 2 N–H and O–H groups in total. The maximum absolute atomic E-state index is 6.43. The Balaban J connectivity index is 2.06. The van der Waals surface area contributed by atoms with E-state index >= 15 is 0 Å². The fraction of sp³-hybridized carbons (Fsp3) is 1.00. The van der Waals surface area contributed by atoms with Gasteiger partial charge >= 0.3 is 0 Å². The predicted octanol–water partition coefficient (Wildman–Crippen LogP) is 1.63. The number of nitrogens with zero attached hydrogens (tertiary/aromatic N) is 1. The fourth-order valence-electron chi connectivity index (χ4n) is 3.62. The Bertz CT molecular complexity index is 339. The zero-order chi connectivity index (χ0) is 14.5. The first kappa shape index (κ1) is 15.2. The van der Waals surface area contributed by atoms with Gasteiger partial charge in [-0.1, -0.05) is 0 Å². The molecule has 2 saturated heterocycles. The molecule has 0 bridgehead atoms. The Morgan fingerprint density at radius 3 is 2.21 bits per heavy atom. The third-order valence-corrected chi connectivity index (χ3v) is 4.61. The van der Waals surface area contributed by atoms with Crippen LogP contribution in [-0.4, -0.2) is 54.0 Å². The first-order valence-electron chi connectivity index (χ1n) is 7.36. The molecule has 0 aromatic rings. The van der Waals surface area contributed by atoms with Gasteiger partial charge in [-0.3, -0.25) is 4.90 Å². The Hall–Kier alpha value is -0.160. The van der Waals surface area contributed by atoms with Gasteiger partial charge in [0.05, 0.1) is 23.4 Å². The molecule has 0 aromatic heterocycles. The lowest BCUT2D eigenvalue weighted by molar-refractivity contribution is -0.101. The Morgan fingerprint density at radius 1 is 1.11 bits per heavy atom. The molecule has 0 spiro atoms. The summed E-state index contributed by atoms with van der Waals surface area (Å²) < 4.78 is 11.9. The van der Waals surface area contributed by atoms with Crippen LogP contribution in [-0.2, 0) is 9.47 Å². The van der Waals surface area contributed by atoms with E-state index in [0.717, 1.165) is 26.2 Å². The van der Waals surface area contributed by atoms with E-state index in [-0.39, 0.29) is 22.8 Å². The summed E-state index contributed by atoms with van der Waals surface area (Å²) in [5, 5.41) is 0. The van der Waals surface area contributed by atoms with Crippen LogP contribution in [0.3, 0.4) is 0 Å². The third kappa shape index (κ3) is 3.13. The molecule has 19 heavy (non-hydrogen) atoms. The molecule has 112 valence electrons. The summed E-state index contributed by atoms with van der Waals surface area (Å²) in [7, 11) is 0. The highest BCUT2D eigenvalue weighted by molar-refractivity contribution is 5.05. The standard InChI is InChI=1S/C15H30N2O2/c1-13(2)10-17(7-8-18-13)9-11-12(16)15(5,6)19-14(11,3)4/h11-12H,7-10,16H2,1-6H3. The number of hydrogen-bond donors (Lipinski definition) is 1. The van der Waals surface area contributed by atoms with Gasteiger partial charge in [0, 0.05) is 31.6 Å². The fourth-order valence-corrected chi connectivity index (χ4v) is 3.62. The lowest BCUT2D eigenvalue weighted by Crippen LogP contribution is -2.54. The van der Waals surface area contributed by atoms with Crippen LogP contribution in [0.15, 0.2) is 0 Å². The summed E-state index contributed by atoms with van der Waals surface area (Å²) in [6, 6.07) is 0.0773. The zero-order valence-corrected chi connectivity index (χ0v) is 13.3. The molecule has 0 aliphatic carbocycles. The van der Waals surface area contributed by atoms with E-state index in [9.17, 15) is 0 Å². The maximum Gasteiger partial charge on any atom is 0.0788 e. The molecule has 2 aliphatic rings. The van der Waals surface area contributed by atoms with Gasteiger partial charge in [0.1, 0.15) is 0 Å². The number of rotatable bonds is 2. The van der Waals surface area contributed by atoms with Crippen molar-refractivity contribution in [2.24, 2.45) is 11.7 Å². The molecule has 0 saturated carbocycles. The molecule has 2 unspecified atom stereocenters. The number of morpholine rings is 1. The summed E-state index contributed by atoms with van der Waals surface area (Å²) in [6.07, 6.45) is 0. The van der Waals surface area contributed by atoms with Crippen LogP contribution in [0.25, 0.3) is 0 Å². The van der Waals surface area contributed by atoms with Crippen LogP contribution in [0.5, 0.6) is 0 Å². The molecule has 4 heteroatoms. The summed E-state index contributed by atoms with van der Waals surface area (Å²) >= 11 is 0. The molecular formula is C15H30N2O2. The SMILES string of the molecule is CC1(C)CN(CC2C(N)C(C)(C)OC2(C)C)CCO1. The van der Waals surface area contributed by atoms with Gasteiger partial charge in [-0.25, -0.2) is 0 Å². The van der Waals surface area contributed by atoms with Gasteiger partial charge in [0.2, 0.25) is 0 Å². The lowest BCUT2D eigenvalue weighted by atomic mass is 9.82. The summed E-state index contributed by atoms with van der Waals surface area (Å²) in [4.78, 5) is 2.47. The minimum atomic E-state index is -0.240. The average molecular weight is 270 g/mol. The van der Waals surface area contributed by atoms with Crippen molar-refractivity contribution in [1.29, 1.82) is 0 Å². The van der Waals surface area contributed by atoms with Gasteiger partial charge in [-0.15, -0.1) is 0 Å². The molecule has 2 aliphatic heterocycles. The minimum Gasteiger partial charge on any atom is -0.373 e. The van der Waals surface area contributed by atoms with Gasteiger partial charge in [0.15, 0.2) is 0 Å². The van der Waals surface area contributed by atoms with E-state index in [2.05, 4.69) is 46.4 Å². The van der Waals surface area contributed by atoms with Crippen LogP contribution in [0.2, 0.25) is 0 Å². The highest BCUT2D eigenvalue weighted by atomic mass is 16.5. The molecule has 0 aromatic carbocycles. The van der Waals surface area contributed by atoms with E-state index in [1.165, 1.54) is 0 Å². The van der Waals surface area contributed by atoms with Crippen LogP contribution in [0, 0.1) is 5.92 Å². The van der Waals surface area contributed by atoms with Crippen LogP contribution in [0.1, 0.15) is 41.5 Å². The Morgan fingerprint density at radius 2 is 1.74 bits per heavy atom. The van der Waals surface area contributed by atoms with Crippen molar-refractivity contribution >= 4 is 0 Å². The van der Waals surface area contributed by atoms with Crippen molar-refractivity contribution < 1.29 is 9.47 Å². The normalized spacial score (nSPS) is 37.4. The third-order valence-electron chi connectivity index (χ3n) is 4.61. The zero-order valence-electron chi connectivity index (χ0n) is 13.3. The molecule has 0 radical (unpaired) electrons. The first-order chi connectivity index (χ1) is 8.54. The monoisotopic (exact) mass is 270 g/mol. The summed E-state index contributed by atoms with van der Waals surface area (Å²) in [5.41, 5.74) is 5.98. The summed E-state index contributed by atoms with van der Waals surface area (Å²) in [6.45, 7) is 16.6. The molecular weight excluding hydrogens is 240 g/mol. The van der Waals surface area contributed by atoms with E-state index in [0.29, 0.717) is 5.92 Å². The Labute approximate surface area is 117 Å². The van der Waals surface area contributed by atoms with E-state index in [1.54, 1.807) is 0 Å². The maximum atomic E-state index is 6.43. The van der Waals surface area contributed by atoms with Gasteiger partial charge < -0.3 is 15.2 Å². The second-order valence-corrected chi connectivity index (χ2v) is 7.78. The van der Waals surface area contributed by atoms with Crippen molar-refractivity contribution in [2.45, 2.75) is 64.4 Å².